The van der Waals surface area contributed by atoms with Gasteiger partial charge in [-0.05, 0) is 18.1 Å². The number of Topliss-reactive ketones (excluding diaryl/α,β-unsaturated/α-hetero) is 2. The molecule has 4 rings (SSSR count). The Bertz CT molecular complexity index is 1060. The van der Waals surface area contributed by atoms with Crippen molar-refractivity contribution >= 4 is 17.3 Å². The van der Waals surface area contributed by atoms with Crippen molar-refractivity contribution in [3.63, 3.8) is 0 Å². The molecule has 3 aromatic carbocycles. The Labute approximate surface area is 157 Å². The molecule has 3 nitrogen and oxygen atoms in total. The molecule has 0 fully saturated rings. The lowest BCUT2D eigenvalue weighted by molar-refractivity contribution is -0.112. The van der Waals surface area contributed by atoms with Gasteiger partial charge in [0.25, 0.3) is 0 Å². The SMILES string of the molecule is Cc1ccc([C@H](C2=C(O)c3ccccc3C(=O)C2=O)c2ccccc2)cc1. The third-order valence-corrected chi connectivity index (χ3v) is 4.97. The summed E-state index contributed by atoms with van der Waals surface area (Å²) in [4.78, 5) is 25.7. The summed E-state index contributed by atoms with van der Waals surface area (Å²) in [5.41, 5.74) is 3.59. The first kappa shape index (κ1) is 17.0. The van der Waals surface area contributed by atoms with Crippen LogP contribution >= 0.6 is 0 Å². The predicted molar refractivity (Wildman–Crippen MR) is 105 cm³/mol. The molecule has 1 atom stereocenters. The second-order valence-corrected chi connectivity index (χ2v) is 6.72. The summed E-state index contributed by atoms with van der Waals surface area (Å²) in [6, 6.07) is 24.0. The second kappa shape index (κ2) is 6.69. The summed E-state index contributed by atoms with van der Waals surface area (Å²) in [6.07, 6.45) is 0. The van der Waals surface area contributed by atoms with Crippen LogP contribution in [0.1, 0.15) is 38.5 Å². The third kappa shape index (κ3) is 2.87. The topological polar surface area (TPSA) is 54.4 Å². The van der Waals surface area contributed by atoms with Crippen LogP contribution in [0.4, 0.5) is 0 Å². The maximum absolute atomic E-state index is 13.0. The van der Waals surface area contributed by atoms with Crippen LogP contribution in [-0.4, -0.2) is 16.7 Å². The van der Waals surface area contributed by atoms with Gasteiger partial charge in [0.2, 0.25) is 11.6 Å². The number of aliphatic hydroxyl groups excluding tert-OH is 1. The number of aryl methyl sites for hydroxylation is 1. The van der Waals surface area contributed by atoms with Crippen LogP contribution in [0.15, 0.2) is 84.4 Å². The van der Waals surface area contributed by atoms with Crippen molar-refractivity contribution in [3.05, 3.63) is 112 Å². The molecule has 27 heavy (non-hydrogen) atoms. The lowest BCUT2D eigenvalue weighted by Crippen LogP contribution is -2.27. The van der Waals surface area contributed by atoms with Gasteiger partial charge in [0.05, 0.1) is 5.57 Å². The van der Waals surface area contributed by atoms with E-state index in [4.69, 9.17) is 0 Å². The van der Waals surface area contributed by atoms with Crippen molar-refractivity contribution in [2.45, 2.75) is 12.8 Å². The molecule has 1 aliphatic rings. The van der Waals surface area contributed by atoms with Crippen LogP contribution in [0.3, 0.4) is 0 Å². The lowest BCUT2D eigenvalue weighted by Gasteiger charge is -2.25. The van der Waals surface area contributed by atoms with Gasteiger partial charge in [0.15, 0.2) is 0 Å². The van der Waals surface area contributed by atoms with Gasteiger partial charge in [-0.2, -0.15) is 0 Å². The fourth-order valence-electron chi connectivity index (χ4n) is 3.58. The maximum Gasteiger partial charge on any atom is 0.234 e. The van der Waals surface area contributed by atoms with E-state index in [1.165, 1.54) is 0 Å². The second-order valence-electron chi connectivity index (χ2n) is 6.72. The Hall–Kier alpha value is -3.46. The zero-order valence-corrected chi connectivity index (χ0v) is 14.8. The molecule has 3 heteroatoms. The Morgan fingerprint density at radius 1 is 0.667 bits per heavy atom. The van der Waals surface area contributed by atoms with Crippen molar-refractivity contribution < 1.29 is 14.7 Å². The van der Waals surface area contributed by atoms with E-state index in [-0.39, 0.29) is 16.9 Å². The van der Waals surface area contributed by atoms with Crippen LogP contribution < -0.4 is 0 Å². The van der Waals surface area contributed by atoms with Crippen molar-refractivity contribution in [3.8, 4) is 0 Å². The number of carbonyl (C=O) groups excluding carboxylic acids is 2. The van der Waals surface area contributed by atoms with Crippen LogP contribution in [0.5, 0.6) is 0 Å². The molecule has 3 aromatic rings. The van der Waals surface area contributed by atoms with E-state index in [1.54, 1.807) is 24.3 Å². The lowest BCUT2D eigenvalue weighted by atomic mass is 9.76. The number of hydrogen-bond acceptors (Lipinski definition) is 3. The smallest absolute Gasteiger partial charge is 0.234 e. The first-order chi connectivity index (χ1) is 13.1. The molecular weight excluding hydrogens is 336 g/mol. The summed E-state index contributed by atoms with van der Waals surface area (Å²) >= 11 is 0. The number of benzene rings is 3. The van der Waals surface area contributed by atoms with Crippen molar-refractivity contribution in [1.82, 2.24) is 0 Å². The molecule has 1 aliphatic carbocycles. The molecule has 0 bridgehead atoms. The van der Waals surface area contributed by atoms with E-state index in [0.29, 0.717) is 5.56 Å². The van der Waals surface area contributed by atoms with Crippen molar-refractivity contribution in [2.75, 3.05) is 0 Å². The molecule has 0 amide bonds. The third-order valence-electron chi connectivity index (χ3n) is 4.97. The zero-order valence-electron chi connectivity index (χ0n) is 14.8. The maximum atomic E-state index is 13.0. The molecule has 132 valence electrons. The molecule has 0 unspecified atom stereocenters. The fraction of sp³-hybridized carbons (Fsp3) is 0.0833. The van der Waals surface area contributed by atoms with E-state index >= 15 is 0 Å². The highest BCUT2D eigenvalue weighted by molar-refractivity contribution is 6.52. The normalized spacial score (nSPS) is 14.9. The molecule has 0 saturated heterocycles. The summed E-state index contributed by atoms with van der Waals surface area (Å²) in [5.74, 6) is -1.87. The molecule has 0 aromatic heterocycles. The van der Waals surface area contributed by atoms with E-state index in [1.807, 2.05) is 61.5 Å². The van der Waals surface area contributed by atoms with E-state index < -0.39 is 17.5 Å². The first-order valence-electron chi connectivity index (χ1n) is 8.81. The minimum atomic E-state index is -0.652. The number of ketones is 2. The molecule has 0 heterocycles. The van der Waals surface area contributed by atoms with Gasteiger partial charge in [-0.15, -0.1) is 0 Å². The van der Waals surface area contributed by atoms with Gasteiger partial charge < -0.3 is 5.11 Å². The van der Waals surface area contributed by atoms with Gasteiger partial charge >= 0.3 is 0 Å². The van der Waals surface area contributed by atoms with E-state index in [2.05, 4.69) is 0 Å². The van der Waals surface area contributed by atoms with Crippen LogP contribution in [0, 0.1) is 6.92 Å². The van der Waals surface area contributed by atoms with E-state index in [0.717, 1.165) is 16.7 Å². The van der Waals surface area contributed by atoms with Gasteiger partial charge in [0.1, 0.15) is 5.76 Å². The monoisotopic (exact) mass is 354 g/mol. The molecule has 0 spiro atoms. The first-order valence-corrected chi connectivity index (χ1v) is 8.81. The van der Waals surface area contributed by atoms with Crippen LogP contribution in [0.25, 0.3) is 5.76 Å². The Balaban J connectivity index is 1.99. The Morgan fingerprint density at radius 3 is 1.89 bits per heavy atom. The molecule has 0 radical (unpaired) electrons. The molecule has 1 N–H and O–H groups in total. The van der Waals surface area contributed by atoms with Gasteiger partial charge in [-0.1, -0.05) is 84.4 Å². The van der Waals surface area contributed by atoms with E-state index in [9.17, 15) is 14.7 Å². The molecule has 0 aliphatic heterocycles. The number of allylic oxidation sites excluding steroid dienone is 1. The summed E-state index contributed by atoms with van der Waals surface area (Å²) < 4.78 is 0. The fourth-order valence-corrected chi connectivity index (χ4v) is 3.58. The highest BCUT2D eigenvalue weighted by atomic mass is 16.3. The van der Waals surface area contributed by atoms with Gasteiger partial charge in [-0.3, -0.25) is 9.59 Å². The quantitative estimate of drug-likeness (QED) is 0.683. The number of aliphatic hydroxyl groups is 1. The van der Waals surface area contributed by atoms with Crippen molar-refractivity contribution in [1.29, 1.82) is 0 Å². The Morgan fingerprint density at radius 2 is 1.22 bits per heavy atom. The van der Waals surface area contributed by atoms with Gasteiger partial charge in [-0.25, -0.2) is 0 Å². The summed E-state index contributed by atoms with van der Waals surface area (Å²) in [6.45, 7) is 1.99. The van der Waals surface area contributed by atoms with Crippen LogP contribution in [-0.2, 0) is 4.79 Å². The summed E-state index contributed by atoms with van der Waals surface area (Å²) in [5, 5.41) is 11.0. The average Bonchev–Trinajstić information content (AvgIpc) is 2.71. The minimum absolute atomic E-state index is 0.121. The Kier molecular flexibility index (Phi) is 4.21. The number of fused-ring (bicyclic) bond motifs is 1. The van der Waals surface area contributed by atoms with Crippen LogP contribution in [0.2, 0.25) is 0 Å². The standard InChI is InChI=1S/C24H18O3/c1-15-11-13-17(14-12-15)20(16-7-3-2-4-8-16)21-22(25)18-9-5-6-10-19(18)23(26)24(21)27/h2-14,20,25H,1H3/t20-/m1/s1. The average molecular weight is 354 g/mol. The number of carbonyl (C=O) groups is 2. The molecular formula is C24H18O3. The zero-order chi connectivity index (χ0) is 19.0. The molecule has 0 saturated carbocycles. The summed E-state index contributed by atoms with van der Waals surface area (Å²) in [7, 11) is 0. The van der Waals surface area contributed by atoms with Crippen molar-refractivity contribution in [2.24, 2.45) is 0 Å². The number of hydrogen-bond donors (Lipinski definition) is 1. The van der Waals surface area contributed by atoms with Gasteiger partial charge in [0, 0.05) is 17.0 Å². The highest BCUT2D eigenvalue weighted by Gasteiger charge is 2.37. The largest absolute Gasteiger partial charge is 0.507 e. The highest BCUT2D eigenvalue weighted by Crippen LogP contribution is 2.39. The number of rotatable bonds is 3. The predicted octanol–water partition coefficient (Wildman–Crippen LogP) is 4.86. The minimum Gasteiger partial charge on any atom is -0.507 e.